The maximum Gasteiger partial charge on any atom is 0.294 e. The minimum Gasteiger partial charge on any atom is -0.455 e. The van der Waals surface area contributed by atoms with Gasteiger partial charge in [-0.25, -0.2) is 9.97 Å². The van der Waals surface area contributed by atoms with Crippen LogP contribution in [0.15, 0.2) is 17.4 Å². The summed E-state index contributed by atoms with van der Waals surface area (Å²) in [5.41, 5.74) is -0.0933. The van der Waals surface area contributed by atoms with Crippen LogP contribution in [0.5, 0.6) is 0 Å². The third-order valence-corrected chi connectivity index (χ3v) is 4.96. The Hall–Kier alpha value is -1.40. The van der Waals surface area contributed by atoms with Crippen molar-refractivity contribution in [2.75, 3.05) is 33.2 Å². The summed E-state index contributed by atoms with van der Waals surface area (Å²) in [5, 5.41) is 0.369. The average Bonchev–Trinajstić information content (AvgIpc) is 2.78. The zero-order chi connectivity index (χ0) is 14.4. The first-order chi connectivity index (χ1) is 10.1. The van der Waals surface area contributed by atoms with Gasteiger partial charge in [0.2, 0.25) is 0 Å². The number of nitrogens with zero attached hydrogens (tertiary/aromatic N) is 5. The second kappa shape index (κ2) is 4.81. The van der Waals surface area contributed by atoms with E-state index in [-0.39, 0.29) is 5.60 Å². The van der Waals surface area contributed by atoms with Crippen molar-refractivity contribution in [2.45, 2.75) is 18.4 Å². The minimum absolute atomic E-state index is 0.0933. The number of amidine groups is 1. The molecule has 1 atom stereocenters. The smallest absolute Gasteiger partial charge is 0.294 e. The Morgan fingerprint density at radius 1 is 1.29 bits per heavy atom. The Bertz CT molecular complexity index is 569. The van der Waals surface area contributed by atoms with Crippen molar-refractivity contribution in [3.05, 3.63) is 17.5 Å². The van der Waals surface area contributed by atoms with Crippen LogP contribution in [0.4, 0.5) is 5.82 Å². The van der Waals surface area contributed by atoms with E-state index in [0.717, 1.165) is 13.1 Å². The Balaban J connectivity index is 1.59. The third-order valence-electron chi connectivity index (χ3n) is 4.77. The number of hydrogen-bond donors (Lipinski definition) is 0. The molecule has 1 aromatic heterocycles. The molecule has 4 saturated heterocycles. The lowest BCUT2D eigenvalue weighted by molar-refractivity contribution is -0.0818. The highest BCUT2D eigenvalue weighted by Gasteiger charge is 2.53. The van der Waals surface area contributed by atoms with Crippen molar-refractivity contribution in [1.82, 2.24) is 19.8 Å². The lowest BCUT2D eigenvalue weighted by Crippen LogP contribution is -2.60. The third kappa shape index (κ3) is 2.26. The second-order valence-corrected chi connectivity index (χ2v) is 6.55. The molecule has 2 bridgehead atoms. The van der Waals surface area contributed by atoms with Crippen molar-refractivity contribution in [3.8, 4) is 0 Å². The lowest BCUT2D eigenvalue weighted by Gasteiger charge is -2.49. The van der Waals surface area contributed by atoms with Gasteiger partial charge in [0.1, 0.15) is 10.8 Å². The number of hydrogen-bond acceptors (Lipinski definition) is 5. The SMILES string of the molecule is CN1CC2(CN3CCC2CC3)OC1=Nc1cnc(Cl)cn1. The van der Waals surface area contributed by atoms with Gasteiger partial charge in [0.05, 0.1) is 18.9 Å². The molecule has 21 heavy (non-hydrogen) atoms. The summed E-state index contributed by atoms with van der Waals surface area (Å²) < 4.78 is 6.30. The summed E-state index contributed by atoms with van der Waals surface area (Å²) in [6.07, 6.45) is 5.51. The molecule has 6 nitrogen and oxygen atoms in total. The predicted molar refractivity (Wildman–Crippen MR) is 79.7 cm³/mol. The number of likely N-dealkylation sites (N-methyl/N-ethyl adjacent to an activating group) is 1. The largest absolute Gasteiger partial charge is 0.455 e. The van der Waals surface area contributed by atoms with Gasteiger partial charge in [-0.2, -0.15) is 4.99 Å². The molecule has 4 aliphatic rings. The molecule has 0 aliphatic carbocycles. The van der Waals surface area contributed by atoms with E-state index in [1.54, 1.807) is 6.20 Å². The van der Waals surface area contributed by atoms with E-state index in [1.165, 1.54) is 32.1 Å². The molecule has 1 spiro atoms. The molecule has 0 radical (unpaired) electrons. The normalized spacial score (nSPS) is 36.5. The van der Waals surface area contributed by atoms with Gasteiger partial charge in [-0.05, 0) is 25.9 Å². The van der Waals surface area contributed by atoms with E-state index < -0.39 is 0 Å². The van der Waals surface area contributed by atoms with Gasteiger partial charge in [0.25, 0.3) is 6.02 Å². The van der Waals surface area contributed by atoms with Gasteiger partial charge < -0.3 is 9.64 Å². The topological polar surface area (TPSA) is 53.9 Å². The quantitative estimate of drug-likeness (QED) is 0.788. The molecule has 0 aromatic carbocycles. The minimum atomic E-state index is -0.0933. The van der Waals surface area contributed by atoms with Crippen LogP contribution >= 0.6 is 11.6 Å². The molecular formula is C14H18ClN5O. The Labute approximate surface area is 128 Å². The van der Waals surface area contributed by atoms with Gasteiger partial charge in [0, 0.05) is 19.5 Å². The van der Waals surface area contributed by atoms with Crippen LogP contribution in [-0.4, -0.2) is 64.6 Å². The van der Waals surface area contributed by atoms with E-state index >= 15 is 0 Å². The summed E-state index contributed by atoms with van der Waals surface area (Å²) in [7, 11) is 2.02. The van der Waals surface area contributed by atoms with E-state index in [0.29, 0.717) is 22.9 Å². The second-order valence-electron chi connectivity index (χ2n) is 6.17. The van der Waals surface area contributed by atoms with Crippen molar-refractivity contribution < 1.29 is 4.74 Å². The predicted octanol–water partition coefficient (Wildman–Crippen LogP) is 1.54. The molecule has 0 saturated carbocycles. The fourth-order valence-corrected chi connectivity index (χ4v) is 3.85. The van der Waals surface area contributed by atoms with E-state index in [4.69, 9.17) is 16.3 Å². The Morgan fingerprint density at radius 2 is 2.10 bits per heavy atom. The summed E-state index contributed by atoms with van der Waals surface area (Å²) >= 11 is 5.75. The molecule has 4 aliphatic heterocycles. The van der Waals surface area contributed by atoms with Crippen LogP contribution in [0.25, 0.3) is 0 Å². The molecule has 0 amide bonds. The van der Waals surface area contributed by atoms with Gasteiger partial charge in [-0.1, -0.05) is 11.6 Å². The number of ether oxygens (including phenoxy) is 1. The van der Waals surface area contributed by atoms with Gasteiger partial charge in [-0.15, -0.1) is 0 Å². The van der Waals surface area contributed by atoms with Crippen LogP contribution in [0.3, 0.4) is 0 Å². The number of aromatic nitrogens is 2. The maximum absolute atomic E-state index is 6.30. The molecular weight excluding hydrogens is 290 g/mol. The van der Waals surface area contributed by atoms with Gasteiger partial charge in [0.15, 0.2) is 5.82 Å². The van der Waals surface area contributed by atoms with Crippen LogP contribution in [0, 0.1) is 5.92 Å². The number of halogens is 1. The maximum atomic E-state index is 6.30. The first-order valence-corrected chi connectivity index (χ1v) is 7.71. The highest BCUT2D eigenvalue weighted by molar-refractivity contribution is 6.29. The standard InChI is InChI=1S/C14H18ClN5O/c1-19-8-14(9-20-4-2-10(14)3-5-20)21-13(19)18-12-7-16-11(15)6-17-12/h6-7,10H,2-5,8-9H2,1H3. The van der Waals surface area contributed by atoms with E-state index in [9.17, 15) is 0 Å². The van der Waals surface area contributed by atoms with Crippen molar-refractivity contribution in [2.24, 2.45) is 10.9 Å². The summed E-state index contributed by atoms with van der Waals surface area (Å²) in [6, 6.07) is 0.639. The zero-order valence-corrected chi connectivity index (χ0v) is 12.8. The summed E-state index contributed by atoms with van der Waals surface area (Å²) in [4.78, 5) is 17.2. The van der Waals surface area contributed by atoms with Gasteiger partial charge >= 0.3 is 0 Å². The van der Waals surface area contributed by atoms with Gasteiger partial charge in [-0.3, -0.25) is 4.90 Å². The highest BCUT2D eigenvalue weighted by Crippen LogP contribution is 2.42. The van der Waals surface area contributed by atoms with Crippen molar-refractivity contribution in [1.29, 1.82) is 0 Å². The number of fused-ring (bicyclic) bond motifs is 2. The van der Waals surface area contributed by atoms with Crippen molar-refractivity contribution in [3.63, 3.8) is 0 Å². The first-order valence-electron chi connectivity index (χ1n) is 7.33. The molecule has 0 N–H and O–H groups in total. The average molecular weight is 308 g/mol. The Kier molecular flexibility index (Phi) is 3.04. The highest BCUT2D eigenvalue weighted by atomic mass is 35.5. The van der Waals surface area contributed by atoms with Crippen LogP contribution in [0.2, 0.25) is 5.15 Å². The zero-order valence-electron chi connectivity index (χ0n) is 12.0. The van der Waals surface area contributed by atoms with Crippen molar-refractivity contribution >= 4 is 23.4 Å². The molecule has 5 heterocycles. The molecule has 1 aromatic rings. The molecule has 7 heteroatoms. The number of aliphatic imine (C=N–C) groups is 1. The summed E-state index contributed by atoms with van der Waals surface area (Å²) in [6.45, 7) is 4.31. The molecule has 112 valence electrons. The van der Waals surface area contributed by atoms with E-state index in [2.05, 4.69) is 24.8 Å². The van der Waals surface area contributed by atoms with E-state index in [1.807, 2.05) is 7.05 Å². The van der Waals surface area contributed by atoms with Crippen LogP contribution < -0.4 is 0 Å². The number of rotatable bonds is 1. The summed E-state index contributed by atoms with van der Waals surface area (Å²) in [5.74, 6) is 1.16. The fourth-order valence-electron chi connectivity index (χ4n) is 3.75. The lowest BCUT2D eigenvalue weighted by atomic mass is 9.75. The molecule has 1 unspecified atom stereocenters. The van der Waals surface area contributed by atoms with Crippen LogP contribution in [0.1, 0.15) is 12.8 Å². The Morgan fingerprint density at radius 3 is 2.71 bits per heavy atom. The first kappa shape index (κ1) is 13.3. The van der Waals surface area contributed by atoms with Crippen LogP contribution in [-0.2, 0) is 4.74 Å². The molecule has 5 rings (SSSR count). The number of piperidine rings is 3. The molecule has 4 fully saturated rings. The fraction of sp³-hybridized carbons (Fsp3) is 0.643. The monoisotopic (exact) mass is 307 g/mol.